The number of allylic oxidation sites excluding steroid dienone is 1. The molecule has 4 bridgehead atoms. The number of aliphatic hydroxyl groups excluding tert-OH is 1. The van der Waals surface area contributed by atoms with Gasteiger partial charge in [-0.3, -0.25) is 4.79 Å². The molecule has 132 valence electrons. The van der Waals surface area contributed by atoms with Crippen LogP contribution in [0.1, 0.15) is 46.5 Å². The number of hydrogen-bond donors (Lipinski definition) is 2. The van der Waals surface area contributed by atoms with Gasteiger partial charge in [-0.2, -0.15) is 0 Å². The highest BCUT2D eigenvalue weighted by atomic mass is 16.4. The highest BCUT2D eigenvalue weighted by Crippen LogP contribution is 2.82. The van der Waals surface area contributed by atoms with Crippen LogP contribution in [-0.4, -0.2) is 29.1 Å². The molecule has 0 aromatic heterocycles. The van der Waals surface area contributed by atoms with E-state index in [1.165, 1.54) is 0 Å². The van der Waals surface area contributed by atoms with Gasteiger partial charge in [-0.15, -0.1) is 0 Å². The van der Waals surface area contributed by atoms with E-state index in [1.54, 1.807) is 0 Å². The number of carbonyl (C=O) groups is 2. The first-order valence-electron chi connectivity index (χ1n) is 9.35. The molecule has 1 unspecified atom stereocenters. The summed E-state index contributed by atoms with van der Waals surface area (Å²) in [7, 11) is 0. The lowest BCUT2D eigenvalue weighted by Gasteiger charge is -2.58. The van der Waals surface area contributed by atoms with Crippen molar-refractivity contribution < 1.29 is 19.8 Å². The first-order valence-corrected chi connectivity index (χ1v) is 9.35. The normalized spacial score (nSPS) is 51.6. The molecule has 4 aliphatic rings. The molecule has 4 heteroatoms. The van der Waals surface area contributed by atoms with Gasteiger partial charge in [0.25, 0.3) is 0 Å². The van der Waals surface area contributed by atoms with Crippen LogP contribution in [0.4, 0.5) is 0 Å². The first kappa shape index (κ1) is 16.3. The van der Waals surface area contributed by atoms with Crippen molar-refractivity contribution in [1.82, 2.24) is 0 Å². The van der Waals surface area contributed by atoms with E-state index < -0.39 is 22.2 Å². The summed E-state index contributed by atoms with van der Waals surface area (Å²) in [5.41, 5.74) is -1.85. The molecule has 0 aliphatic heterocycles. The minimum Gasteiger partial charge on any atom is -0.481 e. The van der Waals surface area contributed by atoms with Crippen LogP contribution in [0.2, 0.25) is 0 Å². The second-order valence-electron chi connectivity index (χ2n) is 9.14. The number of aldehydes is 1. The number of aliphatic carboxylic acids is 1. The van der Waals surface area contributed by atoms with E-state index in [1.807, 2.05) is 13.8 Å². The first-order chi connectivity index (χ1) is 11.3. The molecule has 0 heterocycles. The fourth-order valence-corrected chi connectivity index (χ4v) is 7.66. The van der Waals surface area contributed by atoms with E-state index in [2.05, 4.69) is 13.0 Å². The Labute approximate surface area is 143 Å². The van der Waals surface area contributed by atoms with Crippen molar-refractivity contribution >= 4 is 12.3 Å². The average Bonchev–Trinajstić information content (AvgIpc) is 3.11. The standard InChI is InChI=1S/C20H28O4/c1-11(2)16-6-13-7-19(10-22)15-5-4-12(3)14(15)8-18(13,9-21)20(16,19)17(23)24/h6,10-15,21H,4-5,7-9H2,1-3H3,(H,23,24)/t12-,13+,14-,15-,18+,19?,20-/m1/s1. The van der Waals surface area contributed by atoms with E-state index in [4.69, 9.17) is 0 Å². The summed E-state index contributed by atoms with van der Waals surface area (Å²) in [4.78, 5) is 25.3. The summed E-state index contributed by atoms with van der Waals surface area (Å²) in [5, 5.41) is 20.9. The van der Waals surface area contributed by atoms with Crippen LogP contribution >= 0.6 is 0 Å². The lowest BCUT2D eigenvalue weighted by molar-refractivity contribution is -0.184. The Morgan fingerprint density at radius 1 is 1.38 bits per heavy atom. The summed E-state index contributed by atoms with van der Waals surface area (Å²) in [6.07, 6.45) is 6.47. The number of carbonyl (C=O) groups excluding carboxylic acids is 1. The zero-order valence-electron chi connectivity index (χ0n) is 14.8. The summed E-state index contributed by atoms with van der Waals surface area (Å²) in [6, 6.07) is 0. The fraction of sp³-hybridized carbons (Fsp3) is 0.800. The van der Waals surface area contributed by atoms with Crippen LogP contribution in [-0.2, 0) is 9.59 Å². The van der Waals surface area contributed by atoms with Gasteiger partial charge in [-0.1, -0.05) is 38.8 Å². The van der Waals surface area contributed by atoms with Crippen LogP contribution in [0.25, 0.3) is 0 Å². The van der Waals surface area contributed by atoms with Crippen molar-refractivity contribution in [2.24, 2.45) is 45.8 Å². The Balaban J connectivity index is 2.03. The minimum absolute atomic E-state index is 0.0130. The highest BCUT2D eigenvalue weighted by molar-refractivity contribution is 5.90. The zero-order valence-corrected chi connectivity index (χ0v) is 14.8. The monoisotopic (exact) mass is 332 g/mol. The predicted octanol–water partition coefficient (Wildman–Crippen LogP) is 2.90. The second-order valence-corrected chi connectivity index (χ2v) is 9.14. The third kappa shape index (κ3) is 1.35. The van der Waals surface area contributed by atoms with Crippen LogP contribution < -0.4 is 0 Å². The van der Waals surface area contributed by atoms with Gasteiger partial charge < -0.3 is 15.0 Å². The topological polar surface area (TPSA) is 74.6 Å². The third-order valence-corrected chi connectivity index (χ3v) is 8.40. The molecule has 0 saturated heterocycles. The SMILES string of the molecule is CC(C)C1=C[C@H]2CC3(C=O)[C@@H]4CC[C@@H](C)[C@H]4C[C@@]2(CO)[C@]13C(=O)O. The molecule has 4 rings (SSSR count). The van der Waals surface area contributed by atoms with Crippen molar-refractivity contribution in [3.05, 3.63) is 11.6 Å². The molecule has 7 atom stereocenters. The van der Waals surface area contributed by atoms with Crippen molar-refractivity contribution in [3.8, 4) is 0 Å². The van der Waals surface area contributed by atoms with Crippen molar-refractivity contribution in [2.45, 2.75) is 46.5 Å². The molecule has 0 amide bonds. The summed E-state index contributed by atoms with van der Waals surface area (Å²) in [5.74, 6) is 0.215. The average molecular weight is 332 g/mol. The van der Waals surface area contributed by atoms with E-state index >= 15 is 0 Å². The third-order valence-electron chi connectivity index (χ3n) is 8.40. The van der Waals surface area contributed by atoms with Gasteiger partial charge in [-0.25, -0.2) is 0 Å². The number of rotatable bonds is 4. The van der Waals surface area contributed by atoms with Crippen LogP contribution in [0.3, 0.4) is 0 Å². The lowest BCUT2D eigenvalue weighted by atomic mass is 9.43. The molecule has 3 saturated carbocycles. The second kappa shape index (κ2) is 4.72. The molecule has 0 aromatic rings. The number of carboxylic acids is 1. The number of hydrogen-bond acceptors (Lipinski definition) is 3. The van der Waals surface area contributed by atoms with Gasteiger partial charge in [-0.05, 0) is 48.9 Å². The Kier molecular flexibility index (Phi) is 3.21. The van der Waals surface area contributed by atoms with Crippen LogP contribution in [0, 0.1) is 45.8 Å². The molecule has 24 heavy (non-hydrogen) atoms. The van der Waals surface area contributed by atoms with Gasteiger partial charge in [0, 0.05) is 5.41 Å². The van der Waals surface area contributed by atoms with Gasteiger partial charge >= 0.3 is 5.97 Å². The molecule has 2 N–H and O–H groups in total. The minimum atomic E-state index is -1.21. The Hall–Kier alpha value is -1.16. The summed E-state index contributed by atoms with van der Waals surface area (Å²) >= 11 is 0. The maximum Gasteiger partial charge on any atom is 0.315 e. The van der Waals surface area contributed by atoms with Crippen LogP contribution in [0.5, 0.6) is 0 Å². The number of fused-ring (bicyclic) bond motifs is 2. The maximum atomic E-state index is 12.8. The molecule has 3 fully saturated rings. The summed E-state index contributed by atoms with van der Waals surface area (Å²) < 4.78 is 0. The van der Waals surface area contributed by atoms with E-state index in [0.717, 1.165) is 31.1 Å². The fourth-order valence-electron chi connectivity index (χ4n) is 7.66. The van der Waals surface area contributed by atoms with Gasteiger partial charge in [0.15, 0.2) is 0 Å². The molecular formula is C20H28O4. The zero-order chi connectivity index (χ0) is 17.5. The largest absolute Gasteiger partial charge is 0.481 e. The molecular weight excluding hydrogens is 304 g/mol. The van der Waals surface area contributed by atoms with Gasteiger partial charge in [0.1, 0.15) is 11.7 Å². The smallest absolute Gasteiger partial charge is 0.315 e. The lowest BCUT2D eigenvalue weighted by Crippen LogP contribution is -2.63. The van der Waals surface area contributed by atoms with Crippen molar-refractivity contribution in [1.29, 1.82) is 0 Å². The predicted molar refractivity (Wildman–Crippen MR) is 89.1 cm³/mol. The van der Waals surface area contributed by atoms with E-state index in [0.29, 0.717) is 18.3 Å². The molecule has 0 radical (unpaired) electrons. The van der Waals surface area contributed by atoms with Gasteiger partial charge in [0.2, 0.25) is 0 Å². The number of carboxylic acid groups (broad SMARTS) is 1. The Bertz CT molecular complexity index is 638. The molecule has 0 aromatic carbocycles. The van der Waals surface area contributed by atoms with Crippen molar-refractivity contribution in [3.63, 3.8) is 0 Å². The number of aliphatic hydroxyl groups is 1. The van der Waals surface area contributed by atoms with Gasteiger partial charge in [0.05, 0.1) is 12.0 Å². The highest BCUT2D eigenvalue weighted by Gasteiger charge is 2.84. The maximum absolute atomic E-state index is 12.8. The van der Waals surface area contributed by atoms with Crippen LogP contribution in [0.15, 0.2) is 11.6 Å². The quantitative estimate of drug-likeness (QED) is 0.613. The summed E-state index contributed by atoms with van der Waals surface area (Å²) in [6.45, 7) is 6.13. The molecule has 4 nitrogen and oxygen atoms in total. The Morgan fingerprint density at radius 3 is 2.62 bits per heavy atom. The Morgan fingerprint density at radius 2 is 2.08 bits per heavy atom. The van der Waals surface area contributed by atoms with Crippen molar-refractivity contribution in [2.75, 3.05) is 6.61 Å². The van der Waals surface area contributed by atoms with E-state index in [9.17, 15) is 19.8 Å². The molecule has 0 spiro atoms. The molecule has 4 aliphatic carbocycles. The van der Waals surface area contributed by atoms with E-state index in [-0.39, 0.29) is 24.4 Å².